The Labute approximate surface area is 174 Å². The first kappa shape index (κ1) is 21.3. The van der Waals surface area contributed by atoms with Crippen LogP contribution in [0.1, 0.15) is 26.5 Å². The highest BCUT2D eigenvalue weighted by Gasteiger charge is 2.19. The summed E-state index contributed by atoms with van der Waals surface area (Å²) in [5.41, 5.74) is 3.14. The lowest BCUT2D eigenvalue weighted by atomic mass is 10.2. The van der Waals surface area contributed by atoms with E-state index in [9.17, 15) is 4.79 Å². The molecule has 156 valence electrons. The minimum Gasteiger partial charge on any atom is -0.369 e. The van der Waals surface area contributed by atoms with E-state index in [1.165, 1.54) is 5.69 Å². The number of benzene rings is 1. The van der Waals surface area contributed by atoms with Gasteiger partial charge in [0.1, 0.15) is 0 Å². The third-order valence-electron chi connectivity index (χ3n) is 5.39. The molecule has 1 saturated heterocycles. The molecule has 1 fully saturated rings. The Morgan fingerprint density at radius 2 is 1.76 bits per heavy atom. The Morgan fingerprint density at radius 1 is 1.07 bits per heavy atom. The zero-order valence-corrected chi connectivity index (χ0v) is 17.8. The van der Waals surface area contributed by atoms with Crippen molar-refractivity contribution >= 4 is 17.3 Å². The Hall–Kier alpha value is -2.44. The van der Waals surface area contributed by atoms with Crippen LogP contribution in [0, 0.1) is 0 Å². The van der Waals surface area contributed by atoms with Gasteiger partial charge in [-0.3, -0.25) is 19.6 Å². The van der Waals surface area contributed by atoms with E-state index in [4.69, 9.17) is 0 Å². The van der Waals surface area contributed by atoms with Crippen LogP contribution in [0.25, 0.3) is 0 Å². The average Bonchev–Trinajstić information content (AvgIpc) is 2.72. The molecular weight excluding hydrogens is 362 g/mol. The van der Waals surface area contributed by atoms with E-state index >= 15 is 0 Å². The van der Waals surface area contributed by atoms with Crippen molar-refractivity contribution in [1.29, 1.82) is 0 Å². The molecule has 3 rings (SSSR count). The Bertz CT molecular complexity index is 755. The molecule has 0 unspecified atom stereocenters. The van der Waals surface area contributed by atoms with Gasteiger partial charge in [-0.25, -0.2) is 0 Å². The Kier molecular flexibility index (Phi) is 7.61. The van der Waals surface area contributed by atoms with E-state index in [1.807, 2.05) is 30.5 Å². The van der Waals surface area contributed by atoms with Gasteiger partial charge in [-0.05, 0) is 57.2 Å². The van der Waals surface area contributed by atoms with Gasteiger partial charge in [-0.2, -0.15) is 0 Å². The maximum atomic E-state index is 12.4. The molecular formula is C23H33N5O. The Balaban J connectivity index is 1.43. The average molecular weight is 396 g/mol. The third kappa shape index (κ3) is 6.27. The molecule has 0 aliphatic carbocycles. The van der Waals surface area contributed by atoms with Crippen molar-refractivity contribution in [2.75, 3.05) is 49.5 Å². The number of nitrogens with one attached hydrogen (secondary N) is 1. The summed E-state index contributed by atoms with van der Waals surface area (Å²) < 4.78 is 0. The second-order valence-electron chi connectivity index (χ2n) is 7.85. The molecule has 0 radical (unpaired) electrons. The van der Waals surface area contributed by atoms with Gasteiger partial charge in [0, 0.05) is 62.9 Å². The van der Waals surface area contributed by atoms with Crippen LogP contribution >= 0.6 is 0 Å². The fraction of sp³-hybridized carbons (Fsp3) is 0.478. The van der Waals surface area contributed by atoms with E-state index in [2.05, 4.69) is 64.0 Å². The molecule has 2 heterocycles. The van der Waals surface area contributed by atoms with Crippen LogP contribution < -0.4 is 10.2 Å². The fourth-order valence-corrected chi connectivity index (χ4v) is 3.81. The van der Waals surface area contributed by atoms with Crippen molar-refractivity contribution in [3.63, 3.8) is 0 Å². The fourth-order valence-electron chi connectivity index (χ4n) is 3.81. The van der Waals surface area contributed by atoms with Gasteiger partial charge in [-0.1, -0.05) is 6.07 Å². The summed E-state index contributed by atoms with van der Waals surface area (Å²) in [6.07, 6.45) is 1.84. The molecule has 0 spiro atoms. The maximum Gasteiger partial charge on any atom is 0.238 e. The summed E-state index contributed by atoms with van der Waals surface area (Å²) in [6.45, 7) is 12.5. The van der Waals surface area contributed by atoms with Crippen molar-refractivity contribution in [2.45, 2.75) is 33.4 Å². The number of hydrogen-bond acceptors (Lipinski definition) is 5. The van der Waals surface area contributed by atoms with E-state index in [0.29, 0.717) is 12.6 Å². The molecule has 1 aromatic heterocycles. The highest BCUT2D eigenvalue weighted by Crippen LogP contribution is 2.20. The first-order valence-electron chi connectivity index (χ1n) is 10.6. The molecule has 1 N–H and O–H groups in total. The molecule has 6 heteroatoms. The summed E-state index contributed by atoms with van der Waals surface area (Å²) in [5.74, 6) is 0.0483. The van der Waals surface area contributed by atoms with E-state index in [1.54, 1.807) is 0 Å². The van der Waals surface area contributed by atoms with Crippen molar-refractivity contribution in [3.05, 3.63) is 54.4 Å². The van der Waals surface area contributed by atoms with Crippen LogP contribution in [0.4, 0.5) is 11.4 Å². The maximum absolute atomic E-state index is 12.4. The summed E-state index contributed by atoms with van der Waals surface area (Å²) in [6, 6.07) is 14.6. The van der Waals surface area contributed by atoms with Crippen LogP contribution in [0.3, 0.4) is 0 Å². The monoisotopic (exact) mass is 395 g/mol. The molecule has 2 aromatic rings. The van der Waals surface area contributed by atoms with Crippen LogP contribution in [0.5, 0.6) is 0 Å². The smallest absolute Gasteiger partial charge is 0.238 e. The lowest BCUT2D eigenvalue weighted by Crippen LogP contribution is -2.48. The van der Waals surface area contributed by atoms with Gasteiger partial charge in [-0.15, -0.1) is 0 Å². The van der Waals surface area contributed by atoms with Crippen molar-refractivity contribution in [2.24, 2.45) is 0 Å². The third-order valence-corrected chi connectivity index (χ3v) is 5.39. The standard InChI is InChI=1S/C23H33N5O/c1-4-28(19(2)3)22-10-8-20(9-11-22)25-23(29)18-27-15-13-26(14-16-27)17-21-7-5-6-12-24-21/h5-12,19H,4,13-18H2,1-3H3,(H,25,29). The molecule has 0 saturated carbocycles. The molecule has 29 heavy (non-hydrogen) atoms. The number of carbonyl (C=O) groups excluding carboxylic acids is 1. The largest absolute Gasteiger partial charge is 0.369 e. The molecule has 0 bridgehead atoms. The van der Waals surface area contributed by atoms with Gasteiger partial charge in [0.2, 0.25) is 5.91 Å². The van der Waals surface area contributed by atoms with Gasteiger partial charge < -0.3 is 10.2 Å². The van der Waals surface area contributed by atoms with Crippen LogP contribution in [0.15, 0.2) is 48.7 Å². The van der Waals surface area contributed by atoms with E-state index in [0.717, 1.165) is 50.6 Å². The number of aromatic nitrogens is 1. The normalized spacial score (nSPS) is 15.4. The molecule has 0 atom stereocenters. The number of rotatable bonds is 8. The highest BCUT2D eigenvalue weighted by atomic mass is 16.2. The van der Waals surface area contributed by atoms with E-state index < -0.39 is 0 Å². The number of amides is 1. The predicted molar refractivity (Wildman–Crippen MR) is 119 cm³/mol. The number of anilines is 2. The SMILES string of the molecule is CCN(c1ccc(NC(=O)CN2CCN(Cc3ccccn3)CC2)cc1)C(C)C. The molecule has 1 aliphatic rings. The van der Waals surface area contributed by atoms with Crippen LogP contribution in [-0.4, -0.2) is 66.0 Å². The second-order valence-corrected chi connectivity index (χ2v) is 7.85. The number of carbonyl (C=O) groups is 1. The lowest BCUT2D eigenvalue weighted by molar-refractivity contribution is -0.117. The zero-order chi connectivity index (χ0) is 20.6. The number of piperazine rings is 1. The summed E-state index contributed by atoms with van der Waals surface area (Å²) in [4.78, 5) is 23.8. The second kappa shape index (κ2) is 10.4. The minimum atomic E-state index is 0.0483. The van der Waals surface area contributed by atoms with Crippen molar-refractivity contribution in [1.82, 2.24) is 14.8 Å². The number of nitrogens with zero attached hydrogens (tertiary/aromatic N) is 4. The van der Waals surface area contributed by atoms with Crippen molar-refractivity contribution in [3.8, 4) is 0 Å². The zero-order valence-electron chi connectivity index (χ0n) is 17.8. The number of hydrogen-bond donors (Lipinski definition) is 1. The molecule has 6 nitrogen and oxygen atoms in total. The minimum absolute atomic E-state index is 0.0483. The van der Waals surface area contributed by atoms with Gasteiger partial charge in [0.05, 0.1) is 12.2 Å². The first-order chi connectivity index (χ1) is 14.0. The highest BCUT2D eigenvalue weighted by molar-refractivity contribution is 5.92. The summed E-state index contributed by atoms with van der Waals surface area (Å²) >= 11 is 0. The number of pyridine rings is 1. The quantitative estimate of drug-likeness (QED) is 0.744. The Morgan fingerprint density at radius 3 is 2.34 bits per heavy atom. The summed E-state index contributed by atoms with van der Waals surface area (Å²) in [7, 11) is 0. The van der Waals surface area contributed by atoms with Gasteiger partial charge in [0.15, 0.2) is 0 Å². The lowest BCUT2D eigenvalue weighted by Gasteiger charge is -2.34. The van der Waals surface area contributed by atoms with Crippen LogP contribution in [-0.2, 0) is 11.3 Å². The topological polar surface area (TPSA) is 51.7 Å². The molecule has 1 aromatic carbocycles. The molecule has 1 amide bonds. The van der Waals surface area contributed by atoms with E-state index in [-0.39, 0.29) is 5.91 Å². The van der Waals surface area contributed by atoms with Crippen molar-refractivity contribution < 1.29 is 4.79 Å². The van der Waals surface area contributed by atoms with Gasteiger partial charge >= 0.3 is 0 Å². The van der Waals surface area contributed by atoms with Crippen LogP contribution in [0.2, 0.25) is 0 Å². The van der Waals surface area contributed by atoms with Gasteiger partial charge in [0.25, 0.3) is 0 Å². The first-order valence-corrected chi connectivity index (χ1v) is 10.6. The predicted octanol–water partition coefficient (Wildman–Crippen LogP) is 3.07. The summed E-state index contributed by atoms with van der Waals surface area (Å²) in [5, 5.41) is 3.03. The molecule has 1 aliphatic heterocycles.